The number of hydrogen-bond donors (Lipinski definition) is 9. The number of carbonyl (C=O) groups is 7. The third kappa shape index (κ3) is 41.8. The average molecular weight is 905 g/mol. The van der Waals surface area contributed by atoms with E-state index in [2.05, 4.69) is 26.7 Å². The second-order valence-corrected chi connectivity index (χ2v) is 15.5. The maximum absolute atomic E-state index is 12.3. The molecule has 0 rings (SSSR count). The van der Waals surface area contributed by atoms with Gasteiger partial charge in [0, 0.05) is 38.9 Å². The number of rotatable bonds is 47. The number of hydrazine groups is 1. The van der Waals surface area contributed by atoms with E-state index in [0.717, 1.165) is 38.5 Å². The molecule has 10 N–H and O–H groups in total. The van der Waals surface area contributed by atoms with Crippen LogP contribution in [0, 0.1) is 0 Å². The zero-order chi connectivity index (χ0) is 46.6. The zero-order valence-corrected chi connectivity index (χ0v) is 37.6. The van der Waals surface area contributed by atoms with E-state index in [9.17, 15) is 38.7 Å². The highest BCUT2D eigenvalue weighted by Crippen LogP contribution is 2.14. The van der Waals surface area contributed by atoms with Crippen LogP contribution in [0.2, 0.25) is 0 Å². The standard InChI is InChI=1S/C43H80N6O14/c44-49-36(43(58)59)19-17-18-24-45-39(52)33-62-31-30-61-28-26-47-40(53)34-63-32-29-60-27-25-46-37(50)23-22-35(42(56)57)48-38(51)20-15-13-11-9-7-5-3-1-2-4-6-8-10-12-14-16-21-41(54)55/h35-36,49H,1-34,44H2,(H,45,52)(H,46,50)(H,47,53)(H,48,51)(H,54,55)(H,56,57)(H,58,59). The first-order valence-corrected chi connectivity index (χ1v) is 23.0. The van der Waals surface area contributed by atoms with Crippen molar-refractivity contribution in [1.29, 1.82) is 0 Å². The highest BCUT2D eigenvalue weighted by Gasteiger charge is 2.21. The number of aliphatic carboxylic acids is 3. The minimum absolute atomic E-state index is 0.0295. The second-order valence-electron chi connectivity index (χ2n) is 15.5. The molecule has 2 unspecified atom stereocenters. The molecule has 0 radical (unpaired) electrons. The van der Waals surface area contributed by atoms with Gasteiger partial charge >= 0.3 is 17.9 Å². The molecule has 0 bridgehead atoms. The number of nitrogens with two attached hydrogens (primary N) is 1. The second kappa shape index (κ2) is 43.3. The van der Waals surface area contributed by atoms with Gasteiger partial charge in [0.1, 0.15) is 25.3 Å². The third-order valence-corrected chi connectivity index (χ3v) is 9.93. The fourth-order valence-corrected chi connectivity index (χ4v) is 6.30. The summed E-state index contributed by atoms with van der Waals surface area (Å²) in [5, 5.41) is 37.6. The molecule has 4 amide bonds. The number of carbonyl (C=O) groups excluding carboxylic acids is 4. The number of nitrogens with one attached hydrogen (secondary N) is 5. The minimum atomic E-state index is -1.19. The molecule has 0 saturated heterocycles. The number of hydrogen-bond acceptors (Lipinski definition) is 13. The van der Waals surface area contributed by atoms with Crippen molar-refractivity contribution >= 4 is 41.5 Å². The third-order valence-electron chi connectivity index (χ3n) is 9.93. The topological polar surface area (TPSA) is 303 Å². The van der Waals surface area contributed by atoms with Crippen molar-refractivity contribution in [1.82, 2.24) is 26.7 Å². The molecule has 0 aliphatic carbocycles. The molecule has 0 aromatic heterocycles. The molecule has 0 heterocycles. The molecular weight excluding hydrogens is 825 g/mol. The number of carboxylic acids is 3. The van der Waals surface area contributed by atoms with Crippen LogP contribution in [-0.4, -0.2) is 141 Å². The number of ether oxygens (including phenoxy) is 4. The van der Waals surface area contributed by atoms with E-state index in [-0.39, 0.29) is 115 Å². The Hall–Kier alpha value is -3.95. The Balaban J connectivity index is 3.64. The molecule has 0 aliphatic rings. The van der Waals surface area contributed by atoms with E-state index in [0.29, 0.717) is 32.2 Å². The molecule has 63 heavy (non-hydrogen) atoms. The Morgan fingerprint density at radius 1 is 0.397 bits per heavy atom. The van der Waals surface area contributed by atoms with Gasteiger partial charge in [0.15, 0.2) is 0 Å². The summed E-state index contributed by atoms with van der Waals surface area (Å²) in [6.45, 7) is 1.75. The lowest BCUT2D eigenvalue weighted by atomic mass is 10.0. The first-order chi connectivity index (χ1) is 30.5. The molecular formula is C43H80N6O14. The highest BCUT2D eigenvalue weighted by molar-refractivity contribution is 5.84. The lowest BCUT2D eigenvalue weighted by Crippen LogP contribution is -2.41. The molecule has 2 atom stereocenters. The van der Waals surface area contributed by atoms with Gasteiger partial charge in [-0.15, -0.1) is 0 Å². The van der Waals surface area contributed by atoms with Crippen molar-refractivity contribution in [2.24, 2.45) is 5.84 Å². The molecule has 0 spiro atoms. The number of unbranched alkanes of at least 4 members (excludes halogenated alkanes) is 16. The van der Waals surface area contributed by atoms with Gasteiger partial charge in [-0.25, -0.2) is 10.2 Å². The first-order valence-electron chi connectivity index (χ1n) is 23.0. The number of carboxylic acid groups (broad SMARTS) is 3. The fourth-order valence-electron chi connectivity index (χ4n) is 6.30. The molecule has 0 saturated carbocycles. The van der Waals surface area contributed by atoms with Crippen molar-refractivity contribution in [2.75, 3.05) is 72.5 Å². The Morgan fingerprint density at radius 3 is 1.25 bits per heavy atom. The van der Waals surface area contributed by atoms with Gasteiger partial charge in [0.05, 0.1) is 39.6 Å². The van der Waals surface area contributed by atoms with Crippen LogP contribution in [0.25, 0.3) is 0 Å². The summed E-state index contributed by atoms with van der Waals surface area (Å²) in [5.74, 6) is 0.940. The Bertz CT molecular complexity index is 1230. The van der Waals surface area contributed by atoms with Crippen LogP contribution >= 0.6 is 0 Å². The van der Waals surface area contributed by atoms with E-state index in [1.807, 2.05) is 0 Å². The molecule has 0 aliphatic heterocycles. The van der Waals surface area contributed by atoms with Gasteiger partial charge in [0.25, 0.3) is 0 Å². The molecule has 0 fully saturated rings. The van der Waals surface area contributed by atoms with Crippen molar-refractivity contribution < 1.29 is 67.8 Å². The van der Waals surface area contributed by atoms with Gasteiger partial charge in [0.2, 0.25) is 23.6 Å². The van der Waals surface area contributed by atoms with Gasteiger partial charge < -0.3 is 55.5 Å². The van der Waals surface area contributed by atoms with Gasteiger partial charge in [-0.05, 0) is 38.5 Å². The molecule has 20 nitrogen and oxygen atoms in total. The summed E-state index contributed by atoms with van der Waals surface area (Å²) in [6, 6.07) is -1.96. The van der Waals surface area contributed by atoms with Crippen molar-refractivity contribution in [3.05, 3.63) is 0 Å². The maximum atomic E-state index is 12.3. The Morgan fingerprint density at radius 2 is 0.810 bits per heavy atom. The van der Waals surface area contributed by atoms with Crippen LogP contribution in [0.3, 0.4) is 0 Å². The highest BCUT2D eigenvalue weighted by atomic mass is 16.5. The van der Waals surface area contributed by atoms with Gasteiger partial charge in [-0.2, -0.15) is 0 Å². The predicted molar refractivity (Wildman–Crippen MR) is 234 cm³/mol. The van der Waals surface area contributed by atoms with E-state index in [1.165, 1.54) is 57.8 Å². The minimum Gasteiger partial charge on any atom is -0.481 e. The van der Waals surface area contributed by atoms with Crippen LogP contribution in [-0.2, 0) is 52.5 Å². The van der Waals surface area contributed by atoms with Crippen LogP contribution in [0.5, 0.6) is 0 Å². The van der Waals surface area contributed by atoms with Crippen LogP contribution in [0.4, 0.5) is 0 Å². The summed E-state index contributed by atoms with van der Waals surface area (Å²) in [6.07, 6.45) is 19.8. The maximum Gasteiger partial charge on any atom is 0.326 e. The molecule has 20 heteroatoms. The molecule has 0 aromatic carbocycles. The van der Waals surface area contributed by atoms with Gasteiger partial charge in [-0.3, -0.25) is 34.6 Å². The van der Waals surface area contributed by atoms with E-state index in [1.54, 1.807) is 0 Å². The summed E-state index contributed by atoms with van der Waals surface area (Å²) >= 11 is 0. The van der Waals surface area contributed by atoms with Crippen LogP contribution in [0.15, 0.2) is 0 Å². The smallest absolute Gasteiger partial charge is 0.326 e. The van der Waals surface area contributed by atoms with Crippen LogP contribution < -0.4 is 32.5 Å². The predicted octanol–water partition coefficient (Wildman–Crippen LogP) is 2.94. The van der Waals surface area contributed by atoms with Crippen molar-refractivity contribution in [3.8, 4) is 0 Å². The largest absolute Gasteiger partial charge is 0.481 e. The normalized spacial score (nSPS) is 12.0. The SMILES string of the molecule is NNC(CCCCNC(=O)COCCOCCNC(=O)COCCOCCNC(=O)CCC(NC(=O)CCCCCCCCCCCCCCCCCCC(=O)O)C(=O)O)C(=O)O. The Kier molecular flexibility index (Phi) is 40.6. The number of amides is 4. The summed E-state index contributed by atoms with van der Waals surface area (Å²) in [4.78, 5) is 81.3. The van der Waals surface area contributed by atoms with E-state index >= 15 is 0 Å². The van der Waals surface area contributed by atoms with Crippen LogP contribution in [0.1, 0.15) is 148 Å². The molecule has 0 aromatic rings. The zero-order valence-electron chi connectivity index (χ0n) is 37.6. The summed E-state index contributed by atoms with van der Waals surface area (Å²) in [7, 11) is 0. The van der Waals surface area contributed by atoms with Gasteiger partial charge in [-0.1, -0.05) is 89.9 Å². The molecule has 366 valence electrons. The Labute approximate surface area is 373 Å². The lowest BCUT2D eigenvalue weighted by Gasteiger charge is -2.14. The summed E-state index contributed by atoms with van der Waals surface area (Å²) < 4.78 is 21.3. The fraction of sp³-hybridized carbons (Fsp3) is 0.837. The van der Waals surface area contributed by atoms with Crippen molar-refractivity contribution in [3.63, 3.8) is 0 Å². The van der Waals surface area contributed by atoms with Crippen molar-refractivity contribution in [2.45, 2.75) is 160 Å². The van der Waals surface area contributed by atoms with E-state index in [4.69, 9.17) is 35.0 Å². The monoisotopic (exact) mass is 905 g/mol. The van der Waals surface area contributed by atoms with E-state index < -0.39 is 30.0 Å². The summed E-state index contributed by atoms with van der Waals surface area (Å²) in [5.41, 5.74) is 2.22. The lowest BCUT2D eigenvalue weighted by molar-refractivity contribution is -0.142. The average Bonchev–Trinajstić information content (AvgIpc) is 3.24. The first kappa shape index (κ1) is 59.0. The quantitative estimate of drug-likeness (QED) is 0.0241.